The number of aliphatic hydroxyl groups is 1. The summed E-state index contributed by atoms with van der Waals surface area (Å²) in [4.78, 5) is 11.6. The monoisotopic (exact) mass is 312 g/mol. The predicted octanol–water partition coefficient (Wildman–Crippen LogP) is 2.25. The van der Waals surface area contributed by atoms with E-state index in [0.717, 1.165) is 11.5 Å². The first-order valence-corrected chi connectivity index (χ1v) is 7.80. The van der Waals surface area contributed by atoms with Gasteiger partial charge in [0.05, 0.1) is 6.54 Å². The molecule has 0 radical (unpaired) electrons. The van der Waals surface area contributed by atoms with Gasteiger partial charge in [-0.1, -0.05) is 18.2 Å². The van der Waals surface area contributed by atoms with Crippen LogP contribution in [-0.4, -0.2) is 35.7 Å². The van der Waals surface area contributed by atoms with Crippen LogP contribution in [0.3, 0.4) is 0 Å². The summed E-state index contributed by atoms with van der Waals surface area (Å²) in [5.41, 5.74) is -0.700. The lowest BCUT2D eigenvalue weighted by Gasteiger charge is -2.24. The van der Waals surface area contributed by atoms with E-state index in [1.54, 1.807) is 18.7 Å². The molecule has 2 amide bonds. The Morgan fingerprint density at radius 2 is 2.10 bits per heavy atom. The van der Waals surface area contributed by atoms with Crippen LogP contribution in [0.25, 0.3) is 0 Å². The van der Waals surface area contributed by atoms with Crippen molar-refractivity contribution in [2.45, 2.75) is 12.5 Å². The molecule has 1 atom stereocenters. The average molecular weight is 312 g/mol. The van der Waals surface area contributed by atoms with Crippen LogP contribution in [0, 0.1) is 5.82 Å². The molecule has 0 aliphatic rings. The van der Waals surface area contributed by atoms with E-state index in [0.29, 0.717) is 12.1 Å². The summed E-state index contributed by atoms with van der Waals surface area (Å²) in [6, 6.07) is 5.22. The Hall–Kier alpha value is -1.53. The SMILES string of the molecule is C=CCSCCNC(=O)NCC(C)(O)c1ccc(F)cc1. The van der Waals surface area contributed by atoms with Crippen molar-refractivity contribution >= 4 is 17.8 Å². The highest BCUT2D eigenvalue weighted by molar-refractivity contribution is 7.99. The number of carbonyl (C=O) groups is 1. The normalized spacial score (nSPS) is 13.3. The number of halogens is 1. The zero-order valence-electron chi connectivity index (χ0n) is 12.1. The molecule has 0 aliphatic carbocycles. The van der Waals surface area contributed by atoms with E-state index in [1.165, 1.54) is 24.3 Å². The topological polar surface area (TPSA) is 61.4 Å². The van der Waals surface area contributed by atoms with Gasteiger partial charge in [-0.05, 0) is 24.6 Å². The number of benzene rings is 1. The third-order valence-electron chi connectivity index (χ3n) is 2.83. The van der Waals surface area contributed by atoms with Crippen molar-refractivity contribution in [3.8, 4) is 0 Å². The van der Waals surface area contributed by atoms with E-state index in [-0.39, 0.29) is 18.4 Å². The average Bonchev–Trinajstić information content (AvgIpc) is 2.45. The van der Waals surface area contributed by atoms with Crippen molar-refractivity contribution in [1.82, 2.24) is 10.6 Å². The van der Waals surface area contributed by atoms with Gasteiger partial charge in [0.15, 0.2) is 0 Å². The Morgan fingerprint density at radius 1 is 1.43 bits per heavy atom. The third kappa shape index (κ3) is 6.64. The van der Waals surface area contributed by atoms with Crippen molar-refractivity contribution in [3.05, 3.63) is 48.3 Å². The quantitative estimate of drug-likeness (QED) is 0.510. The molecule has 116 valence electrons. The molecular weight excluding hydrogens is 291 g/mol. The highest BCUT2D eigenvalue weighted by Gasteiger charge is 2.23. The van der Waals surface area contributed by atoms with Gasteiger partial charge in [-0.2, -0.15) is 11.8 Å². The number of nitrogens with one attached hydrogen (secondary N) is 2. The number of rotatable bonds is 8. The van der Waals surface area contributed by atoms with Crippen LogP contribution in [-0.2, 0) is 5.60 Å². The van der Waals surface area contributed by atoms with Gasteiger partial charge in [0, 0.05) is 18.1 Å². The molecule has 3 N–H and O–H groups in total. The van der Waals surface area contributed by atoms with Crippen LogP contribution in [0.5, 0.6) is 0 Å². The molecule has 0 saturated carbocycles. The number of hydrogen-bond acceptors (Lipinski definition) is 3. The van der Waals surface area contributed by atoms with Crippen molar-refractivity contribution in [2.24, 2.45) is 0 Å². The van der Waals surface area contributed by atoms with Crippen LogP contribution >= 0.6 is 11.8 Å². The second-order valence-electron chi connectivity index (χ2n) is 4.75. The van der Waals surface area contributed by atoms with E-state index in [4.69, 9.17) is 0 Å². The molecule has 6 heteroatoms. The largest absolute Gasteiger partial charge is 0.384 e. The zero-order valence-corrected chi connectivity index (χ0v) is 12.9. The van der Waals surface area contributed by atoms with Gasteiger partial charge < -0.3 is 15.7 Å². The maximum atomic E-state index is 12.8. The molecule has 0 aromatic heterocycles. The lowest BCUT2D eigenvalue weighted by atomic mass is 9.96. The highest BCUT2D eigenvalue weighted by atomic mass is 32.2. The predicted molar refractivity (Wildman–Crippen MR) is 84.9 cm³/mol. The molecule has 0 fully saturated rings. The maximum Gasteiger partial charge on any atom is 0.314 e. The summed E-state index contributed by atoms with van der Waals surface area (Å²) in [5, 5.41) is 15.6. The summed E-state index contributed by atoms with van der Waals surface area (Å²) in [6.07, 6.45) is 1.81. The molecule has 1 aromatic carbocycles. The van der Waals surface area contributed by atoms with E-state index in [1.807, 2.05) is 6.08 Å². The Kier molecular flexibility index (Phi) is 7.25. The van der Waals surface area contributed by atoms with Gasteiger partial charge in [0.2, 0.25) is 0 Å². The summed E-state index contributed by atoms with van der Waals surface area (Å²) in [5.74, 6) is 1.29. The van der Waals surface area contributed by atoms with Gasteiger partial charge in [0.25, 0.3) is 0 Å². The van der Waals surface area contributed by atoms with Crippen LogP contribution in [0.1, 0.15) is 12.5 Å². The minimum atomic E-state index is -1.25. The van der Waals surface area contributed by atoms with Gasteiger partial charge in [-0.15, -0.1) is 6.58 Å². The molecule has 0 aliphatic heterocycles. The second-order valence-corrected chi connectivity index (χ2v) is 5.90. The number of thioether (sulfide) groups is 1. The number of urea groups is 1. The van der Waals surface area contributed by atoms with Crippen LogP contribution in [0.2, 0.25) is 0 Å². The lowest BCUT2D eigenvalue weighted by Crippen LogP contribution is -2.44. The van der Waals surface area contributed by atoms with E-state index in [9.17, 15) is 14.3 Å². The van der Waals surface area contributed by atoms with Gasteiger partial charge >= 0.3 is 6.03 Å². The van der Waals surface area contributed by atoms with Crippen molar-refractivity contribution in [3.63, 3.8) is 0 Å². The van der Waals surface area contributed by atoms with Gasteiger partial charge in [-0.3, -0.25) is 0 Å². The molecule has 1 aromatic rings. The Balaban J connectivity index is 2.33. The van der Waals surface area contributed by atoms with Crippen LogP contribution in [0.15, 0.2) is 36.9 Å². The first-order valence-electron chi connectivity index (χ1n) is 6.64. The van der Waals surface area contributed by atoms with E-state index >= 15 is 0 Å². The third-order valence-corrected chi connectivity index (χ3v) is 3.79. The minimum absolute atomic E-state index is 0.0459. The van der Waals surface area contributed by atoms with Crippen molar-refractivity contribution < 1.29 is 14.3 Å². The fourth-order valence-corrected chi connectivity index (χ4v) is 2.21. The molecule has 0 spiro atoms. The molecule has 0 heterocycles. The highest BCUT2D eigenvalue weighted by Crippen LogP contribution is 2.19. The smallest absolute Gasteiger partial charge is 0.314 e. The first kappa shape index (κ1) is 17.5. The maximum absolute atomic E-state index is 12.8. The fraction of sp³-hybridized carbons (Fsp3) is 0.400. The van der Waals surface area contributed by atoms with Gasteiger partial charge in [0.1, 0.15) is 11.4 Å². The van der Waals surface area contributed by atoms with E-state index < -0.39 is 5.60 Å². The van der Waals surface area contributed by atoms with E-state index in [2.05, 4.69) is 17.2 Å². The number of hydrogen-bond donors (Lipinski definition) is 3. The minimum Gasteiger partial charge on any atom is -0.384 e. The first-order chi connectivity index (χ1) is 9.95. The van der Waals surface area contributed by atoms with Gasteiger partial charge in [-0.25, -0.2) is 9.18 Å². The Morgan fingerprint density at radius 3 is 2.71 bits per heavy atom. The van der Waals surface area contributed by atoms with Crippen molar-refractivity contribution in [2.75, 3.05) is 24.6 Å². The summed E-state index contributed by atoms with van der Waals surface area (Å²) >= 11 is 1.67. The molecule has 0 saturated heterocycles. The summed E-state index contributed by atoms with van der Waals surface area (Å²) in [7, 11) is 0. The molecule has 21 heavy (non-hydrogen) atoms. The second kappa shape index (κ2) is 8.69. The fourth-order valence-electron chi connectivity index (χ4n) is 1.63. The summed E-state index contributed by atoms with van der Waals surface area (Å²) < 4.78 is 12.8. The Bertz CT molecular complexity index is 463. The molecule has 1 unspecified atom stereocenters. The standard InChI is InChI=1S/C15H21FN2O2S/c1-3-9-21-10-8-17-14(19)18-11-15(2,20)12-4-6-13(16)7-5-12/h3-7,20H,1,8-11H2,2H3,(H2,17,18,19). The molecule has 1 rings (SSSR count). The van der Waals surface area contributed by atoms with Crippen LogP contribution in [0.4, 0.5) is 9.18 Å². The van der Waals surface area contributed by atoms with Crippen LogP contribution < -0.4 is 10.6 Å². The molecule has 0 bridgehead atoms. The van der Waals surface area contributed by atoms with Crippen molar-refractivity contribution in [1.29, 1.82) is 0 Å². The molecule has 4 nitrogen and oxygen atoms in total. The molecular formula is C15H21FN2O2S. The zero-order chi connectivity index (χ0) is 15.7. The Labute approximate surface area is 128 Å². The summed E-state index contributed by atoms with van der Waals surface area (Å²) in [6.45, 7) is 5.77. The number of carbonyl (C=O) groups excluding carboxylic acids is 1. The number of amides is 2. The lowest BCUT2D eigenvalue weighted by molar-refractivity contribution is 0.0593.